The third-order valence-corrected chi connectivity index (χ3v) is 4.36. The molecule has 1 aliphatic rings. The van der Waals surface area contributed by atoms with Gasteiger partial charge in [0.15, 0.2) is 0 Å². The molecular formula is C15H21ClO. The van der Waals surface area contributed by atoms with Crippen molar-refractivity contribution >= 4 is 11.6 Å². The molecule has 0 amide bonds. The van der Waals surface area contributed by atoms with Crippen LogP contribution in [-0.4, -0.2) is 12.5 Å². The van der Waals surface area contributed by atoms with Gasteiger partial charge in [-0.05, 0) is 37.5 Å². The number of benzene rings is 1. The molecule has 0 bridgehead atoms. The van der Waals surface area contributed by atoms with Gasteiger partial charge in [-0.3, -0.25) is 0 Å². The van der Waals surface area contributed by atoms with Gasteiger partial charge in [0.1, 0.15) is 5.75 Å². The van der Waals surface area contributed by atoms with Gasteiger partial charge < -0.3 is 4.74 Å². The molecule has 1 aromatic carbocycles. The van der Waals surface area contributed by atoms with E-state index in [1.807, 2.05) is 6.92 Å². The van der Waals surface area contributed by atoms with Crippen LogP contribution in [0.4, 0.5) is 0 Å². The van der Waals surface area contributed by atoms with E-state index in [0.717, 1.165) is 18.2 Å². The van der Waals surface area contributed by atoms with E-state index in [2.05, 4.69) is 24.3 Å². The Balaban J connectivity index is 2.18. The molecule has 0 aromatic heterocycles. The maximum atomic E-state index is 6.24. The van der Waals surface area contributed by atoms with Gasteiger partial charge >= 0.3 is 0 Å². The third kappa shape index (κ3) is 2.77. The van der Waals surface area contributed by atoms with E-state index < -0.39 is 0 Å². The van der Waals surface area contributed by atoms with Crippen LogP contribution in [0.2, 0.25) is 0 Å². The lowest BCUT2D eigenvalue weighted by Gasteiger charge is -2.36. The van der Waals surface area contributed by atoms with E-state index in [1.54, 1.807) is 0 Å². The molecule has 2 heteroatoms. The molecule has 0 radical (unpaired) electrons. The van der Waals surface area contributed by atoms with Crippen LogP contribution >= 0.6 is 11.6 Å². The normalized spacial score (nSPS) is 18.9. The van der Waals surface area contributed by atoms with Crippen LogP contribution in [0.15, 0.2) is 24.3 Å². The maximum Gasteiger partial charge on any atom is 0.119 e. The second kappa shape index (κ2) is 5.77. The number of hydrogen-bond donors (Lipinski definition) is 0. The quantitative estimate of drug-likeness (QED) is 0.716. The predicted octanol–water partition coefficient (Wildman–Crippen LogP) is 4.53. The van der Waals surface area contributed by atoms with Crippen molar-refractivity contribution in [3.63, 3.8) is 0 Å². The highest BCUT2D eigenvalue weighted by Gasteiger charge is 2.32. The van der Waals surface area contributed by atoms with Crippen molar-refractivity contribution in [2.75, 3.05) is 12.5 Å². The van der Waals surface area contributed by atoms with Crippen molar-refractivity contribution in [3.05, 3.63) is 29.8 Å². The number of rotatable bonds is 4. The molecule has 0 saturated heterocycles. The highest BCUT2D eigenvalue weighted by atomic mass is 35.5. The summed E-state index contributed by atoms with van der Waals surface area (Å²) < 4.78 is 5.48. The monoisotopic (exact) mass is 252 g/mol. The molecule has 1 nitrogen and oxygen atoms in total. The van der Waals surface area contributed by atoms with Crippen LogP contribution in [-0.2, 0) is 5.41 Å². The minimum atomic E-state index is 0.213. The van der Waals surface area contributed by atoms with E-state index in [4.69, 9.17) is 16.3 Å². The van der Waals surface area contributed by atoms with Crippen molar-refractivity contribution in [2.45, 2.75) is 44.4 Å². The second-order valence-electron chi connectivity index (χ2n) is 4.93. The van der Waals surface area contributed by atoms with Crippen LogP contribution in [0.25, 0.3) is 0 Å². The Morgan fingerprint density at radius 1 is 1.12 bits per heavy atom. The number of alkyl halides is 1. The first-order chi connectivity index (χ1) is 8.30. The number of ether oxygens (including phenoxy) is 1. The highest BCUT2D eigenvalue weighted by molar-refractivity contribution is 6.18. The Bertz CT molecular complexity index is 338. The second-order valence-corrected chi connectivity index (χ2v) is 5.20. The first kappa shape index (κ1) is 12.8. The van der Waals surface area contributed by atoms with Gasteiger partial charge in [0.05, 0.1) is 6.61 Å². The Hall–Kier alpha value is -0.690. The van der Waals surface area contributed by atoms with Crippen molar-refractivity contribution in [3.8, 4) is 5.75 Å². The van der Waals surface area contributed by atoms with E-state index in [1.165, 1.54) is 37.7 Å². The molecule has 0 aliphatic heterocycles. The van der Waals surface area contributed by atoms with Gasteiger partial charge in [-0.25, -0.2) is 0 Å². The molecule has 2 rings (SSSR count). The summed E-state index contributed by atoms with van der Waals surface area (Å²) in [5.41, 5.74) is 1.60. The first-order valence-electron chi connectivity index (χ1n) is 6.60. The van der Waals surface area contributed by atoms with Crippen molar-refractivity contribution < 1.29 is 4.74 Å². The number of halogens is 1. The smallest absolute Gasteiger partial charge is 0.119 e. The molecule has 17 heavy (non-hydrogen) atoms. The fourth-order valence-electron chi connectivity index (χ4n) is 2.80. The van der Waals surface area contributed by atoms with Crippen molar-refractivity contribution in [1.29, 1.82) is 0 Å². The molecule has 0 atom stereocenters. The van der Waals surface area contributed by atoms with Crippen LogP contribution in [0, 0.1) is 0 Å². The standard InChI is InChI=1S/C15H21ClO/c1-2-17-14-8-6-13(7-9-14)15(12-16)10-4-3-5-11-15/h6-9H,2-5,10-12H2,1H3. The fourth-order valence-corrected chi connectivity index (χ4v) is 3.22. The predicted molar refractivity (Wildman–Crippen MR) is 73.1 cm³/mol. The molecule has 0 spiro atoms. The molecule has 1 aromatic rings. The van der Waals surface area contributed by atoms with Crippen LogP contribution in [0.3, 0.4) is 0 Å². The topological polar surface area (TPSA) is 9.23 Å². The summed E-state index contributed by atoms with van der Waals surface area (Å²) >= 11 is 6.24. The van der Waals surface area contributed by atoms with Gasteiger partial charge in [0.25, 0.3) is 0 Å². The number of hydrogen-bond acceptors (Lipinski definition) is 1. The largest absolute Gasteiger partial charge is 0.494 e. The highest BCUT2D eigenvalue weighted by Crippen LogP contribution is 2.40. The summed E-state index contributed by atoms with van der Waals surface area (Å²) in [5, 5.41) is 0. The van der Waals surface area contributed by atoms with E-state index >= 15 is 0 Å². The van der Waals surface area contributed by atoms with E-state index in [-0.39, 0.29) is 5.41 Å². The lowest BCUT2D eigenvalue weighted by atomic mass is 9.71. The van der Waals surface area contributed by atoms with Gasteiger partial charge in [-0.2, -0.15) is 0 Å². The Morgan fingerprint density at radius 3 is 2.29 bits per heavy atom. The summed E-state index contributed by atoms with van der Waals surface area (Å²) in [6.45, 7) is 2.73. The lowest BCUT2D eigenvalue weighted by Crippen LogP contribution is -2.30. The summed E-state index contributed by atoms with van der Waals surface area (Å²) in [7, 11) is 0. The van der Waals surface area contributed by atoms with Crippen LogP contribution in [0.1, 0.15) is 44.6 Å². The zero-order valence-corrected chi connectivity index (χ0v) is 11.3. The van der Waals surface area contributed by atoms with Crippen LogP contribution < -0.4 is 4.74 Å². The van der Waals surface area contributed by atoms with Crippen molar-refractivity contribution in [2.24, 2.45) is 0 Å². The first-order valence-corrected chi connectivity index (χ1v) is 7.13. The summed E-state index contributed by atoms with van der Waals surface area (Å²) in [6.07, 6.45) is 6.42. The summed E-state index contributed by atoms with van der Waals surface area (Å²) in [6, 6.07) is 8.53. The molecule has 1 fully saturated rings. The zero-order valence-electron chi connectivity index (χ0n) is 10.5. The van der Waals surface area contributed by atoms with Gasteiger partial charge in [0, 0.05) is 11.3 Å². The molecule has 0 heterocycles. The molecule has 1 saturated carbocycles. The van der Waals surface area contributed by atoms with Gasteiger partial charge in [0.2, 0.25) is 0 Å². The molecule has 1 aliphatic carbocycles. The van der Waals surface area contributed by atoms with E-state index in [0.29, 0.717) is 0 Å². The Morgan fingerprint density at radius 2 is 1.76 bits per heavy atom. The summed E-state index contributed by atoms with van der Waals surface area (Å²) in [4.78, 5) is 0. The third-order valence-electron chi connectivity index (χ3n) is 3.84. The minimum Gasteiger partial charge on any atom is -0.494 e. The SMILES string of the molecule is CCOc1ccc(C2(CCl)CCCCC2)cc1. The van der Waals surface area contributed by atoms with Crippen molar-refractivity contribution in [1.82, 2.24) is 0 Å². The minimum absolute atomic E-state index is 0.213. The molecule has 0 unspecified atom stereocenters. The molecule has 0 N–H and O–H groups in total. The van der Waals surface area contributed by atoms with Gasteiger partial charge in [-0.1, -0.05) is 31.4 Å². The summed E-state index contributed by atoms with van der Waals surface area (Å²) in [5.74, 6) is 1.69. The van der Waals surface area contributed by atoms with Crippen LogP contribution in [0.5, 0.6) is 5.75 Å². The maximum absolute atomic E-state index is 6.24. The zero-order chi connectivity index (χ0) is 12.1. The fraction of sp³-hybridized carbons (Fsp3) is 0.600. The van der Waals surface area contributed by atoms with E-state index in [9.17, 15) is 0 Å². The Kier molecular flexibility index (Phi) is 4.33. The Labute approximate surface area is 109 Å². The average molecular weight is 253 g/mol. The average Bonchev–Trinajstić information content (AvgIpc) is 2.41. The van der Waals surface area contributed by atoms with Gasteiger partial charge in [-0.15, -0.1) is 11.6 Å². The molecular weight excluding hydrogens is 232 g/mol. The molecule has 94 valence electrons. The lowest BCUT2D eigenvalue weighted by molar-refractivity contribution is 0.321.